The van der Waals surface area contributed by atoms with E-state index < -0.39 is 5.82 Å². The Morgan fingerprint density at radius 1 is 1.03 bits per heavy atom. The summed E-state index contributed by atoms with van der Waals surface area (Å²) in [6.45, 7) is 2.62. The van der Waals surface area contributed by atoms with Crippen molar-refractivity contribution in [2.45, 2.75) is 6.54 Å². The zero-order chi connectivity index (χ0) is 21.1. The molecule has 0 bridgehead atoms. The molecule has 0 atom stereocenters. The van der Waals surface area contributed by atoms with E-state index in [0.717, 1.165) is 5.56 Å². The number of aromatic nitrogens is 2. The van der Waals surface area contributed by atoms with Crippen LogP contribution in [0.25, 0.3) is 0 Å². The third-order valence-corrected chi connectivity index (χ3v) is 5.53. The second-order valence-corrected chi connectivity index (χ2v) is 7.42. The van der Waals surface area contributed by atoms with Crippen LogP contribution in [0.15, 0.2) is 59.5 Å². The van der Waals surface area contributed by atoms with Crippen LogP contribution < -0.4 is 15.4 Å². The third-order valence-electron chi connectivity index (χ3n) is 5.18. The first-order valence-corrected chi connectivity index (χ1v) is 9.93. The Hall–Kier alpha value is -3.37. The summed E-state index contributed by atoms with van der Waals surface area (Å²) in [6, 6.07) is 16.0. The highest BCUT2D eigenvalue weighted by Gasteiger charge is 2.23. The van der Waals surface area contributed by atoms with Gasteiger partial charge in [0.2, 0.25) is 0 Å². The second-order valence-electron chi connectivity index (χ2n) is 7.04. The van der Waals surface area contributed by atoms with Gasteiger partial charge < -0.3 is 9.80 Å². The summed E-state index contributed by atoms with van der Waals surface area (Å²) in [5.74, 6) is -0.411. The first-order chi connectivity index (χ1) is 14.6. The van der Waals surface area contributed by atoms with E-state index in [9.17, 15) is 9.18 Å². The van der Waals surface area contributed by atoms with E-state index in [-0.39, 0.29) is 10.6 Å². The molecule has 8 heteroatoms. The predicted molar refractivity (Wildman–Crippen MR) is 115 cm³/mol. The largest absolute Gasteiger partial charge is 0.366 e. The van der Waals surface area contributed by atoms with E-state index in [1.165, 1.54) is 10.7 Å². The Labute approximate surface area is 178 Å². The average molecular weight is 424 g/mol. The zero-order valence-electron chi connectivity index (χ0n) is 16.1. The van der Waals surface area contributed by atoms with E-state index in [2.05, 4.69) is 5.10 Å². The standard InChI is InChI=1S/C22H19ClFN5O/c23-21-20(14-26-29(22(21)30)15-16-4-2-1-3-5-16)28-10-8-27(9-11-28)19-7-6-17(13-25)12-18(19)24/h1-7,12,14H,8-11,15H2. The van der Waals surface area contributed by atoms with Gasteiger partial charge in [-0.1, -0.05) is 41.9 Å². The number of rotatable bonds is 4. The molecule has 3 aromatic rings. The summed E-state index contributed by atoms with van der Waals surface area (Å²) in [5.41, 5.74) is 1.98. The second kappa shape index (κ2) is 8.56. The van der Waals surface area contributed by atoms with Crippen LogP contribution in [0.4, 0.5) is 15.8 Å². The molecular formula is C22H19ClFN5O. The number of benzene rings is 2. The molecule has 4 rings (SSSR count). The molecule has 1 fully saturated rings. The molecule has 1 aliphatic rings. The van der Waals surface area contributed by atoms with Crippen LogP contribution in [0.1, 0.15) is 11.1 Å². The number of hydrogen-bond acceptors (Lipinski definition) is 5. The zero-order valence-corrected chi connectivity index (χ0v) is 16.9. The van der Waals surface area contributed by atoms with Crippen molar-refractivity contribution in [1.29, 1.82) is 5.26 Å². The maximum Gasteiger partial charge on any atom is 0.287 e. The van der Waals surface area contributed by atoms with E-state index in [1.807, 2.05) is 46.2 Å². The SMILES string of the molecule is N#Cc1ccc(N2CCN(c3cnn(Cc4ccccc4)c(=O)c3Cl)CC2)c(F)c1. The van der Waals surface area contributed by atoms with Crippen LogP contribution in [0.5, 0.6) is 0 Å². The van der Waals surface area contributed by atoms with Crippen LogP contribution in [-0.4, -0.2) is 36.0 Å². The first kappa shape index (κ1) is 19.9. The molecule has 1 saturated heterocycles. The number of anilines is 2. The number of halogens is 2. The molecule has 0 saturated carbocycles. The van der Waals surface area contributed by atoms with Gasteiger partial charge in [0, 0.05) is 26.2 Å². The highest BCUT2D eigenvalue weighted by Crippen LogP contribution is 2.26. The molecule has 6 nitrogen and oxygen atoms in total. The molecule has 1 aromatic heterocycles. The van der Waals surface area contributed by atoms with Crippen molar-refractivity contribution < 1.29 is 4.39 Å². The van der Waals surface area contributed by atoms with Crippen LogP contribution >= 0.6 is 11.6 Å². The van der Waals surface area contributed by atoms with Gasteiger partial charge in [0.25, 0.3) is 5.56 Å². The summed E-state index contributed by atoms with van der Waals surface area (Å²) in [6.07, 6.45) is 1.62. The van der Waals surface area contributed by atoms with Crippen LogP contribution in [0, 0.1) is 17.1 Å². The third kappa shape index (κ3) is 4.00. The van der Waals surface area contributed by atoms with Crippen molar-refractivity contribution in [3.63, 3.8) is 0 Å². The van der Waals surface area contributed by atoms with Gasteiger partial charge in [0.05, 0.1) is 35.7 Å². The van der Waals surface area contributed by atoms with Gasteiger partial charge in [-0.2, -0.15) is 10.4 Å². The van der Waals surface area contributed by atoms with Crippen molar-refractivity contribution >= 4 is 23.0 Å². The topological polar surface area (TPSA) is 65.2 Å². The van der Waals surface area contributed by atoms with Gasteiger partial charge in [-0.25, -0.2) is 9.07 Å². The van der Waals surface area contributed by atoms with Gasteiger partial charge >= 0.3 is 0 Å². The van der Waals surface area contributed by atoms with Gasteiger partial charge in [-0.05, 0) is 23.8 Å². The average Bonchev–Trinajstić information content (AvgIpc) is 2.78. The number of nitriles is 1. The quantitative estimate of drug-likeness (QED) is 0.644. The fraction of sp³-hybridized carbons (Fsp3) is 0.227. The normalized spacial score (nSPS) is 13.9. The summed E-state index contributed by atoms with van der Waals surface area (Å²) in [7, 11) is 0. The molecule has 0 unspecified atom stereocenters. The van der Waals surface area contributed by atoms with Crippen molar-refractivity contribution in [2.24, 2.45) is 0 Å². The Morgan fingerprint density at radius 2 is 1.70 bits per heavy atom. The van der Waals surface area contributed by atoms with Crippen LogP contribution in [0.3, 0.4) is 0 Å². The highest BCUT2D eigenvalue weighted by atomic mass is 35.5. The summed E-state index contributed by atoms with van der Waals surface area (Å²) in [4.78, 5) is 16.6. The van der Waals surface area contributed by atoms with E-state index >= 15 is 0 Å². The fourth-order valence-electron chi connectivity index (χ4n) is 3.57. The Morgan fingerprint density at radius 3 is 2.33 bits per heavy atom. The lowest BCUT2D eigenvalue weighted by atomic mass is 10.1. The molecule has 0 spiro atoms. The van der Waals surface area contributed by atoms with Gasteiger partial charge in [0.1, 0.15) is 10.8 Å². The highest BCUT2D eigenvalue weighted by molar-refractivity contribution is 6.33. The number of piperazine rings is 1. The summed E-state index contributed by atoms with van der Waals surface area (Å²) in [5, 5.41) is 13.3. The molecule has 1 aliphatic heterocycles. The minimum absolute atomic E-state index is 0.138. The summed E-state index contributed by atoms with van der Waals surface area (Å²) >= 11 is 6.39. The predicted octanol–water partition coefficient (Wildman–Crippen LogP) is 3.28. The smallest absolute Gasteiger partial charge is 0.287 e. The van der Waals surface area contributed by atoms with Crippen molar-refractivity contribution in [1.82, 2.24) is 9.78 Å². The molecule has 2 aromatic carbocycles. The van der Waals surface area contributed by atoms with Crippen molar-refractivity contribution in [3.05, 3.63) is 87.0 Å². The molecule has 152 valence electrons. The van der Waals surface area contributed by atoms with Gasteiger partial charge in [-0.15, -0.1) is 0 Å². The monoisotopic (exact) mass is 423 g/mol. The minimum atomic E-state index is -0.411. The Bertz CT molecular complexity index is 1150. The van der Waals surface area contributed by atoms with Gasteiger partial charge in [-0.3, -0.25) is 4.79 Å². The maximum absolute atomic E-state index is 14.3. The Kier molecular flexibility index (Phi) is 5.68. The lowest BCUT2D eigenvalue weighted by molar-refractivity contribution is 0.594. The Balaban J connectivity index is 1.48. The maximum atomic E-state index is 14.3. The fourth-order valence-corrected chi connectivity index (χ4v) is 3.83. The first-order valence-electron chi connectivity index (χ1n) is 9.56. The van der Waals surface area contributed by atoms with Gasteiger partial charge in [0.15, 0.2) is 0 Å². The van der Waals surface area contributed by atoms with E-state index in [1.54, 1.807) is 18.3 Å². The van der Waals surface area contributed by atoms with E-state index in [4.69, 9.17) is 16.9 Å². The molecule has 30 heavy (non-hydrogen) atoms. The molecule has 0 aliphatic carbocycles. The lowest BCUT2D eigenvalue weighted by Crippen LogP contribution is -2.47. The van der Waals surface area contributed by atoms with E-state index in [0.29, 0.717) is 49.7 Å². The molecule has 0 amide bonds. The molecule has 2 heterocycles. The molecular weight excluding hydrogens is 405 g/mol. The number of hydrogen-bond donors (Lipinski definition) is 0. The minimum Gasteiger partial charge on any atom is -0.366 e. The lowest BCUT2D eigenvalue weighted by Gasteiger charge is -2.37. The number of nitrogens with zero attached hydrogens (tertiary/aromatic N) is 5. The van der Waals surface area contributed by atoms with Crippen molar-refractivity contribution in [3.8, 4) is 6.07 Å². The molecule has 0 radical (unpaired) electrons. The van der Waals surface area contributed by atoms with Crippen LogP contribution in [-0.2, 0) is 6.54 Å². The molecule has 0 N–H and O–H groups in total. The van der Waals surface area contributed by atoms with Crippen molar-refractivity contribution in [2.75, 3.05) is 36.0 Å². The summed E-state index contributed by atoms with van der Waals surface area (Å²) < 4.78 is 15.7. The van der Waals surface area contributed by atoms with Crippen LogP contribution in [0.2, 0.25) is 5.02 Å².